The van der Waals surface area contributed by atoms with Crippen LogP contribution in [0, 0.1) is 0 Å². The van der Waals surface area contributed by atoms with Crippen molar-refractivity contribution >= 4 is 35.1 Å². The predicted octanol–water partition coefficient (Wildman–Crippen LogP) is 3.39. The summed E-state index contributed by atoms with van der Waals surface area (Å²) in [6, 6.07) is 14.2. The van der Waals surface area contributed by atoms with Crippen molar-refractivity contribution in [3.05, 3.63) is 69.7 Å². The minimum atomic E-state index is -0.136. The van der Waals surface area contributed by atoms with Gasteiger partial charge in [-0.1, -0.05) is 47.5 Å². The molecule has 5 nitrogen and oxygen atoms in total. The van der Waals surface area contributed by atoms with Gasteiger partial charge in [0.15, 0.2) is 5.96 Å². The Morgan fingerprint density at radius 3 is 2.60 bits per heavy atom. The minimum Gasteiger partial charge on any atom is -0.370 e. The third-order valence-corrected chi connectivity index (χ3v) is 4.07. The molecular weight excluding hydrogens is 359 g/mol. The molecule has 2 aromatic rings. The van der Waals surface area contributed by atoms with Gasteiger partial charge >= 0.3 is 0 Å². The zero-order valence-corrected chi connectivity index (χ0v) is 15.3. The van der Waals surface area contributed by atoms with Crippen molar-refractivity contribution < 1.29 is 4.79 Å². The molecule has 25 heavy (non-hydrogen) atoms. The molecular formula is C18H20Cl2N4O. The number of halogens is 2. The van der Waals surface area contributed by atoms with Gasteiger partial charge in [-0.3, -0.25) is 9.79 Å². The van der Waals surface area contributed by atoms with Gasteiger partial charge in [-0.2, -0.15) is 0 Å². The second-order valence-electron chi connectivity index (χ2n) is 5.42. The van der Waals surface area contributed by atoms with Crippen LogP contribution in [0.4, 0.5) is 0 Å². The average molecular weight is 379 g/mol. The van der Waals surface area contributed by atoms with E-state index in [2.05, 4.69) is 15.6 Å². The number of aliphatic imine (C=N–C) groups is 1. The first-order valence-corrected chi connectivity index (χ1v) is 8.57. The first-order chi connectivity index (χ1) is 12.0. The van der Waals surface area contributed by atoms with Crippen molar-refractivity contribution in [1.29, 1.82) is 0 Å². The highest BCUT2D eigenvalue weighted by molar-refractivity contribution is 6.35. The van der Waals surface area contributed by atoms with Gasteiger partial charge < -0.3 is 16.4 Å². The maximum Gasteiger partial charge on any atom is 0.251 e. The number of amides is 1. The van der Waals surface area contributed by atoms with Gasteiger partial charge in [0.1, 0.15) is 0 Å². The lowest BCUT2D eigenvalue weighted by Gasteiger charge is -2.16. The summed E-state index contributed by atoms with van der Waals surface area (Å²) in [6.07, 6.45) is 0. The predicted molar refractivity (Wildman–Crippen MR) is 103 cm³/mol. The van der Waals surface area contributed by atoms with Crippen LogP contribution in [-0.4, -0.2) is 25.0 Å². The fraction of sp³-hybridized carbons (Fsp3) is 0.222. The lowest BCUT2D eigenvalue weighted by molar-refractivity contribution is 0.0955. The van der Waals surface area contributed by atoms with Gasteiger partial charge in [-0.25, -0.2) is 0 Å². The number of hydrogen-bond acceptors (Lipinski definition) is 2. The first-order valence-electron chi connectivity index (χ1n) is 7.82. The molecule has 0 saturated heterocycles. The SMILES string of the molecule is CC(NC(N)=NCCNC(=O)c1ccccc1)c1ccc(Cl)cc1Cl. The van der Waals surface area contributed by atoms with E-state index in [1.54, 1.807) is 24.3 Å². The molecule has 0 radical (unpaired) electrons. The highest BCUT2D eigenvalue weighted by Gasteiger charge is 2.10. The van der Waals surface area contributed by atoms with E-state index < -0.39 is 0 Å². The lowest BCUT2D eigenvalue weighted by Crippen LogP contribution is -2.35. The summed E-state index contributed by atoms with van der Waals surface area (Å²) >= 11 is 12.1. The molecule has 1 unspecified atom stereocenters. The van der Waals surface area contributed by atoms with E-state index in [1.807, 2.05) is 31.2 Å². The maximum absolute atomic E-state index is 11.9. The number of carbonyl (C=O) groups is 1. The molecule has 1 amide bonds. The molecule has 0 bridgehead atoms. The standard InChI is InChI=1S/C18H20Cl2N4O/c1-12(15-8-7-14(19)11-16(15)20)24-18(21)23-10-9-22-17(25)13-5-3-2-4-6-13/h2-8,11-12H,9-10H2,1H3,(H,22,25)(H3,21,23,24). The fourth-order valence-corrected chi connectivity index (χ4v) is 2.81. The lowest BCUT2D eigenvalue weighted by atomic mass is 10.1. The quantitative estimate of drug-likeness (QED) is 0.409. The van der Waals surface area contributed by atoms with Crippen LogP contribution in [-0.2, 0) is 0 Å². The Kier molecular flexibility index (Phi) is 7.10. The van der Waals surface area contributed by atoms with Crippen LogP contribution in [0.3, 0.4) is 0 Å². The molecule has 1 atom stereocenters. The van der Waals surface area contributed by atoms with E-state index in [1.165, 1.54) is 0 Å². The molecule has 0 fully saturated rings. The van der Waals surface area contributed by atoms with Crippen molar-refractivity contribution in [2.45, 2.75) is 13.0 Å². The summed E-state index contributed by atoms with van der Waals surface area (Å²) in [5.74, 6) is 0.149. The summed E-state index contributed by atoms with van der Waals surface area (Å²) in [4.78, 5) is 16.1. The number of carbonyl (C=O) groups excluding carboxylic acids is 1. The van der Waals surface area contributed by atoms with Crippen molar-refractivity contribution in [1.82, 2.24) is 10.6 Å². The number of nitrogens with zero attached hydrogens (tertiary/aromatic N) is 1. The van der Waals surface area contributed by atoms with Gasteiger partial charge in [0.05, 0.1) is 12.6 Å². The molecule has 2 rings (SSSR count). The number of nitrogens with one attached hydrogen (secondary N) is 2. The van der Waals surface area contributed by atoms with E-state index in [0.717, 1.165) is 5.56 Å². The van der Waals surface area contributed by atoms with Gasteiger partial charge in [0, 0.05) is 22.2 Å². The second-order valence-corrected chi connectivity index (χ2v) is 6.26. The summed E-state index contributed by atoms with van der Waals surface area (Å²) in [5.41, 5.74) is 7.37. The molecule has 0 spiro atoms. The van der Waals surface area contributed by atoms with Crippen LogP contribution < -0.4 is 16.4 Å². The van der Waals surface area contributed by atoms with E-state index in [4.69, 9.17) is 28.9 Å². The second kappa shape index (κ2) is 9.30. The summed E-state index contributed by atoms with van der Waals surface area (Å²) in [7, 11) is 0. The summed E-state index contributed by atoms with van der Waals surface area (Å²) in [6.45, 7) is 2.69. The highest BCUT2D eigenvalue weighted by atomic mass is 35.5. The number of guanidine groups is 1. The Bertz CT molecular complexity index is 750. The van der Waals surface area contributed by atoms with Crippen molar-refractivity contribution in [3.8, 4) is 0 Å². The molecule has 4 N–H and O–H groups in total. The topological polar surface area (TPSA) is 79.5 Å². The van der Waals surface area contributed by atoms with Crippen LogP contribution >= 0.6 is 23.2 Å². The Morgan fingerprint density at radius 2 is 1.92 bits per heavy atom. The zero-order valence-electron chi connectivity index (χ0n) is 13.8. The highest BCUT2D eigenvalue weighted by Crippen LogP contribution is 2.25. The van der Waals surface area contributed by atoms with Crippen molar-refractivity contribution in [2.24, 2.45) is 10.7 Å². The molecule has 0 heterocycles. The van der Waals surface area contributed by atoms with Crippen LogP contribution in [0.25, 0.3) is 0 Å². The number of rotatable bonds is 6. The molecule has 0 aromatic heterocycles. The van der Waals surface area contributed by atoms with E-state index >= 15 is 0 Å². The van der Waals surface area contributed by atoms with E-state index in [-0.39, 0.29) is 17.9 Å². The van der Waals surface area contributed by atoms with Crippen LogP contribution in [0.5, 0.6) is 0 Å². The zero-order chi connectivity index (χ0) is 18.2. The first kappa shape index (κ1) is 19.1. The van der Waals surface area contributed by atoms with Gasteiger partial charge in [-0.05, 0) is 36.8 Å². The molecule has 7 heteroatoms. The Hall–Kier alpha value is -2.24. The third kappa shape index (κ3) is 5.96. The Morgan fingerprint density at radius 1 is 1.20 bits per heavy atom. The van der Waals surface area contributed by atoms with Gasteiger partial charge in [0.25, 0.3) is 5.91 Å². The number of benzene rings is 2. The Labute approximate surface area is 157 Å². The van der Waals surface area contributed by atoms with Crippen molar-refractivity contribution in [2.75, 3.05) is 13.1 Å². The smallest absolute Gasteiger partial charge is 0.251 e. The maximum atomic E-state index is 11.9. The largest absolute Gasteiger partial charge is 0.370 e. The number of hydrogen-bond donors (Lipinski definition) is 3. The number of nitrogens with two attached hydrogens (primary N) is 1. The van der Waals surface area contributed by atoms with E-state index in [0.29, 0.717) is 28.7 Å². The molecule has 0 aliphatic carbocycles. The molecule has 0 aliphatic heterocycles. The van der Waals surface area contributed by atoms with Crippen LogP contribution in [0.15, 0.2) is 53.5 Å². The third-order valence-electron chi connectivity index (χ3n) is 3.51. The summed E-state index contributed by atoms with van der Waals surface area (Å²) in [5, 5.41) is 7.00. The van der Waals surface area contributed by atoms with E-state index in [9.17, 15) is 4.79 Å². The average Bonchev–Trinajstić information content (AvgIpc) is 2.59. The molecule has 2 aromatic carbocycles. The molecule has 0 saturated carbocycles. The summed E-state index contributed by atoms with van der Waals surface area (Å²) < 4.78 is 0. The van der Waals surface area contributed by atoms with Crippen LogP contribution in [0.1, 0.15) is 28.9 Å². The molecule has 0 aliphatic rings. The van der Waals surface area contributed by atoms with Crippen LogP contribution in [0.2, 0.25) is 10.0 Å². The van der Waals surface area contributed by atoms with Crippen molar-refractivity contribution in [3.63, 3.8) is 0 Å². The van der Waals surface area contributed by atoms with Gasteiger partial charge in [-0.15, -0.1) is 0 Å². The molecule has 132 valence electrons. The fourth-order valence-electron chi connectivity index (χ4n) is 2.24. The normalized spacial score (nSPS) is 12.5. The Balaban J connectivity index is 1.80. The minimum absolute atomic E-state index is 0.118. The monoisotopic (exact) mass is 378 g/mol. The van der Waals surface area contributed by atoms with Gasteiger partial charge in [0.2, 0.25) is 0 Å².